The van der Waals surface area contributed by atoms with E-state index in [9.17, 15) is 9.50 Å². The van der Waals surface area contributed by atoms with Gasteiger partial charge in [-0.1, -0.05) is 11.3 Å². The molecule has 1 atom stereocenters. The van der Waals surface area contributed by atoms with Crippen molar-refractivity contribution in [1.82, 2.24) is 14.6 Å². The quantitative estimate of drug-likeness (QED) is 0.614. The first-order valence-corrected chi connectivity index (χ1v) is 7.68. The molecule has 1 aromatic carbocycles. The van der Waals surface area contributed by atoms with Crippen LogP contribution in [0.1, 0.15) is 18.1 Å². The molecular formula is C15H12FN3O3S. The lowest BCUT2D eigenvalue weighted by Gasteiger charge is -1.99. The van der Waals surface area contributed by atoms with Crippen LogP contribution >= 0.6 is 11.3 Å². The van der Waals surface area contributed by atoms with E-state index in [0.717, 1.165) is 0 Å². The Morgan fingerprint density at radius 3 is 2.91 bits per heavy atom. The van der Waals surface area contributed by atoms with Crippen LogP contribution in [0.5, 0.6) is 11.5 Å². The number of aromatic nitrogens is 3. The van der Waals surface area contributed by atoms with Gasteiger partial charge in [-0.3, -0.25) is 0 Å². The molecule has 23 heavy (non-hydrogen) atoms. The molecule has 6 nitrogen and oxygen atoms in total. The third kappa shape index (κ3) is 2.22. The Bertz CT molecular complexity index is 986. The molecule has 0 saturated heterocycles. The predicted octanol–water partition coefficient (Wildman–Crippen LogP) is 3.95. The molecule has 0 spiro atoms. The number of rotatable bonds is 3. The van der Waals surface area contributed by atoms with E-state index in [1.165, 1.54) is 36.0 Å². The standard InChI is InChI=1S/C15H12FN3O3S/c1-7(16)14-18-19-6-10(17-15(19)23-14)13-5-9-11(20)3-8(21-2)4-12(9)22-13/h3-7,20H,1-2H3/t7-/m0/s1. The molecular weight excluding hydrogens is 321 g/mol. The van der Waals surface area contributed by atoms with Crippen molar-refractivity contribution in [1.29, 1.82) is 0 Å². The lowest BCUT2D eigenvalue weighted by Crippen LogP contribution is -1.86. The van der Waals surface area contributed by atoms with Crippen LogP contribution in [0.2, 0.25) is 0 Å². The number of hydrogen-bond acceptors (Lipinski definition) is 6. The Hall–Kier alpha value is -2.61. The summed E-state index contributed by atoms with van der Waals surface area (Å²) < 4.78 is 25.7. The fourth-order valence-corrected chi connectivity index (χ4v) is 3.14. The van der Waals surface area contributed by atoms with E-state index in [-0.39, 0.29) is 5.75 Å². The zero-order valence-corrected chi connectivity index (χ0v) is 13.1. The van der Waals surface area contributed by atoms with E-state index < -0.39 is 6.17 Å². The minimum Gasteiger partial charge on any atom is -0.507 e. The lowest BCUT2D eigenvalue weighted by molar-refractivity contribution is 0.370. The second-order valence-electron chi connectivity index (χ2n) is 5.08. The van der Waals surface area contributed by atoms with Crippen molar-refractivity contribution in [2.75, 3.05) is 7.11 Å². The fourth-order valence-electron chi connectivity index (χ4n) is 2.33. The van der Waals surface area contributed by atoms with Crippen LogP contribution in [0.25, 0.3) is 27.4 Å². The monoisotopic (exact) mass is 333 g/mol. The van der Waals surface area contributed by atoms with Gasteiger partial charge < -0.3 is 14.3 Å². The van der Waals surface area contributed by atoms with E-state index in [2.05, 4.69) is 10.1 Å². The Kier molecular flexibility index (Phi) is 3.02. The molecule has 0 unspecified atom stereocenters. The Morgan fingerprint density at radius 1 is 1.39 bits per heavy atom. The summed E-state index contributed by atoms with van der Waals surface area (Å²) in [7, 11) is 1.52. The second kappa shape index (κ2) is 4.95. The first-order valence-electron chi connectivity index (χ1n) is 6.86. The number of imidazole rings is 1. The third-order valence-electron chi connectivity index (χ3n) is 3.48. The van der Waals surface area contributed by atoms with E-state index in [4.69, 9.17) is 9.15 Å². The summed E-state index contributed by atoms with van der Waals surface area (Å²) in [6, 6.07) is 4.91. The maximum atomic E-state index is 13.3. The number of methoxy groups -OCH3 is 1. The number of ether oxygens (including phenoxy) is 1. The molecule has 4 rings (SSSR count). The highest BCUT2D eigenvalue weighted by Gasteiger charge is 2.17. The largest absolute Gasteiger partial charge is 0.507 e. The fraction of sp³-hybridized carbons (Fsp3) is 0.200. The van der Waals surface area contributed by atoms with Gasteiger partial charge in [-0.05, 0) is 13.0 Å². The summed E-state index contributed by atoms with van der Waals surface area (Å²) in [6.07, 6.45) is 0.546. The van der Waals surface area contributed by atoms with Crippen molar-refractivity contribution in [3.8, 4) is 23.0 Å². The molecule has 118 valence electrons. The first-order chi connectivity index (χ1) is 11.0. The lowest BCUT2D eigenvalue weighted by atomic mass is 10.2. The van der Waals surface area contributed by atoms with Crippen molar-refractivity contribution < 1.29 is 18.7 Å². The SMILES string of the molecule is COc1cc(O)c2cc(-c3cn4nc([C@H](C)F)sc4n3)oc2c1. The number of benzene rings is 1. The minimum absolute atomic E-state index is 0.0713. The van der Waals surface area contributed by atoms with Crippen molar-refractivity contribution in [3.05, 3.63) is 29.4 Å². The molecule has 0 saturated carbocycles. The van der Waals surface area contributed by atoms with Crippen molar-refractivity contribution in [3.63, 3.8) is 0 Å². The molecule has 8 heteroatoms. The molecule has 0 amide bonds. The third-order valence-corrected chi connectivity index (χ3v) is 4.55. The smallest absolute Gasteiger partial charge is 0.212 e. The number of alkyl halides is 1. The summed E-state index contributed by atoms with van der Waals surface area (Å²) in [6.45, 7) is 1.44. The average molecular weight is 333 g/mol. The maximum Gasteiger partial charge on any atom is 0.212 e. The molecule has 3 heterocycles. The van der Waals surface area contributed by atoms with Crippen LogP contribution in [-0.4, -0.2) is 26.8 Å². The van der Waals surface area contributed by atoms with E-state index >= 15 is 0 Å². The zero-order valence-electron chi connectivity index (χ0n) is 12.3. The van der Waals surface area contributed by atoms with Gasteiger partial charge in [-0.15, -0.1) is 0 Å². The van der Waals surface area contributed by atoms with Crippen LogP contribution < -0.4 is 4.74 Å². The summed E-state index contributed by atoms with van der Waals surface area (Å²) in [5.41, 5.74) is 1.07. The normalized spacial score (nSPS) is 13.0. The van der Waals surface area contributed by atoms with Gasteiger partial charge in [0, 0.05) is 12.1 Å². The number of halogens is 1. The number of nitrogens with zero attached hydrogens (tertiary/aromatic N) is 3. The number of aromatic hydroxyl groups is 1. The number of phenols is 1. The van der Waals surface area contributed by atoms with Crippen LogP contribution in [0.4, 0.5) is 4.39 Å². The molecule has 0 aliphatic carbocycles. The number of phenolic OH excluding ortho intramolecular Hbond substituents is 1. The van der Waals surface area contributed by atoms with Gasteiger partial charge in [0.1, 0.15) is 22.8 Å². The summed E-state index contributed by atoms with van der Waals surface area (Å²) >= 11 is 1.19. The predicted molar refractivity (Wildman–Crippen MR) is 83.8 cm³/mol. The Balaban J connectivity index is 1.82. The zero-order chi connectivity index (χ0) is 16.1. The highest BCUT2D eigenvalue weighted by Crippen LogP contribution is 2.36. The van der Waals surface area contributed by atoms with Gasteiger partial charge in [-0.25, -0.2) is 13.9 Å². The first kappa shape index (κ1) is 14.0. The topological polar surface area (TPSA) is 72.8 Å². The van der Waals surface area contributed by atoms with Gasteiger partial charge in [-0.2, -0.15) is 5.10 Å². The molecule has 1 N–H and O–H groups in total. The van der Waals surface area contributed by atoms with Crippen molar-refractivity contribution in [2.24, 2.45) is 0 Å². The van der Waals surface area contributed by atoms with Gasteiger partial charge in [0.25, 0.3) is 0 Å². The van der Waals surface area contributed by atoms with E-state index in [1.54, 1.807) is 18.3 Å². The number of hydrogen-bond donors (Lipinski definition) is 1. The van der Waals surface area contributed by atoms with E-state index in [0.29, 0.717) is 38.1 Å². The number of fused-ring (bicyclic) bond motifs is 2. The maximum absolute atomic E-state index is 13.3. The molecule has 0 fully saturated rings. The minimum atomic E-state index is -1.12. The Morgan fingerprint density at radius 2 is 2.22 bits per heavy atom. The summed E-state index contributed by atoms with van der Waals surface area (Å²) in [5.74, 6) is 1.07. The van der Waals surface area contributed by atoms with Crippen LogP contribution in [0.3, 0.4) is 0 Å². The van der Waals surface area contributed by atoms with Crippen molar-refractivity contribution >= 4 is 27.3 Å². The van der Waals surface area contributed by atoms with Gasteiger partial charge in [0.2, 0.25) is 4.96 Å². The molecule has 0 aliphatic heterocycles. The molecule has 3 aromatic heterocycles. The molecule has 4 aromatic rings. The van der Waals surface area contributed by atoms with Crippen molar-refractivity contribution in [2.45, 2.75) is 13.1 Å². The highest BCUT2D eigenvalue weighted by molar-refractivity contribution is 7.16. The van der Waals surface area contributed by atoms with Gasteiger partial charge in [0.15, 0.2) is 16.9 Å². The summed E-state index contributed by atoms with van der Waals surface area (Å²) in [5, 5.41) is 15.1. The van der Waals surface area contributed by atoms with Crippen LogP contribution in [0, 0.1) is 0 Å². The number of furan rings is 1. The molecule has 0 aliphatic rings. The average Bonchev–Trinajstić information content (AvgIpc) is 3.18. The van der Waals surface area contributed by atoms with Crippen LogP contribution in [-0.2, 0) is 0 Å². The molecule has 0 radical (unpaired) electrons. The Labute approximate surface area is 133 Å². The summed E-state index contributed by atoms with van der Waals surface area (Å²) in [4.78, 5) is 4.98. The highest BCUT2D eigenvalue weighted by atomic mass is 32.1. The molecule has 0 bridgehead atoms. The van der Waals surface area contributed by atoms with Gasteiger partial charge in [0.05, 0.1) is 18.7 Å². The van der Waals surface area contributed by atoms with Gasteiger partial charge >= 0.3 is 0 Å². The van der Waals surface area contributed by atoms with E-state index in [1.807, 2.05) is 0 Å². The second-order valence-corrected chi connectivity index (χ2v) is 6.07. The van der Waals surface area contributed by atoms with Crippen LogP contribution in [0.15, 0.2) is 28.8 Å².